The number of aliphatic hydroxyl groups excluding tert-OH is 1. The zero-order valence-electron chi connectivity index (χ0n) is 11.2. The van der Waals surface area contributed by atoms with Crippen LogP contribution in [0.5, 0.6) is 0 Å². The van der Waals surface area contributed by atoms with Crippen molar-refractivity contribution >= 4 is 0 Å². The predicted octanol–water partition coefficient (Wildman–Crippen LogP) is -0.614. The Bertz CT molecular complexity index is 584. The molecule has 7 nitrogen and oxygen atoms in total. The molecule has 0 radical (unpaired) electrons. The number of aromatic amines is 1. The minimum atomic E-state index is -1.03. The highest BCUT2D eigenvalue weighted by molar-refractivity contribution is 4.93. The third-order valence-corrected chi connectivity index (χ3v) is 2.84. The molecule has 0 saturated carbocycles. The fraction of sp³-hybridized carbons (Fsp3) is 0.500. The second-order valence-electron chi connectivity index (χ2n) is 4.16. The predicted molar refractivity (Wildman–Crippen MR) is 66.9 cm³/mol. The maximum absolute atomic E-state index is 11.8. The number of rotatable bonds is 4. The highest BCUT2D eigenvalue weighted by atomic mass is 16.6. The number of H-pyrrole nitrogens is 1. The van der Waals surface area contributed by atoms with Crippen LogP contribution < -0.4 is 11.2 Å². The van der Waals surface area contributed by atoms with Gasteiger partial charge in [-0.25, -0.2) is 4.79 Å². The van der Waals surface area contributed by atoms with Crippen LogP contribution in [0.2, 0.25) is 0 Å². The number of nitrogens with zero attached hydrogens (tertiary/aromatic N) is 1. The standard InChI is InChI=1S/C12H16N2O5/c1-3-6-18-10-9(16)7(2)19-11(10)14-5-4-8(15)13-12(14)17/h3-5,7,9-11,16H,1,6H2,2H3,(H,13,15,17)/t7-,9-,10-,11-/m1/s1/i2D. The van der Waals surface area contributed by atoms with Crippen molar-refractivity contribution in [1.29, 1.82) is 0 Å². The van der Waals surface area contributed by atoms with Crippen molar-refractivity contribution in [2.24, 2.45) is 0 Å². The Morgan fingerprint density at radius 2 is 2.53 bits per heavy atom. The summed E-state index contributed by atoms with van der Waals surface area (Å²) in [7, 11) is 0. The average Bonchev–Trinajstić information content (AvgIpc) is 2.73. The number of ether oxygens (including phenoxy) is 2. The van der Waals surface area contributed by atoms with Gasteiger partial charge in [0.25, 0.3) is 5.56 Å². The fourth-order valence-electron chi connectivity index (χ4n) is 1.93. The zero-order chi connectivity index (χ0) is 14.7. The topological polar surface area (TPSA) is 93.6 Å². The van der Waals surface area contributed by atoms with Gasteiger partial charge in [0.2, 0.25) is 0 Å². The lowest BCUT2D eigenvalue weighted by Gasteiger charge is -2.21. The lowest BCUT2D eigenvalue weighted by Crippen LogP contribution is -2.38. The highest BCUT2D eigenvalue weighted by Gasteiger charge is 2.43. The number of hydrogen-bond donors (Lipinski definition) is 2. The van der Waals surface area contributed by atoms with Crippen LogP contribution in [0.4, 0.5) is 0 Å². The summed E-state index contributed by atoms with van der Waals surface area (Å²) in [6.45, 7) is 3.52. The molecule has 7 heteroatoms. The number of nitrogens with one attached hydrogen (secondary N) is 1. The largest absolute Gasteiger partial charge is 0.388 e. The zero-order valence-corrected chi connectivity index (χ0v) is 10.2. The number of aromatic nitrogens is 2. The van der Waals surface area contributed by atoms with Crippen molar-refractivity contribution in [2.45, 2.75) is 31.4 Å². The molecule has 1 saturated heterocycles. The molecule has 0 aliphatic carbocycles. The van der Waals surface area contributed by atoms with Gasteiger partial charge in [0.1, 0.15) is 12.2 Å². The number of aliphatic hydroxyl groups is 1. The molecule has 1 aromatic heterocycles. The Balaban J connectivity index is 2.33. The Labute approximate surface area is 110 Å². The van der Waals surface area contributed by atoms with Crippen LogP contribution in [-0.4, -0.2) is 39.6 Å². The van der Waals surface area contributed by atoms with Crippen LogP contribution in [-0.2, 0) is 9.47 Å². The third-order valence-electron chi connectivity index (χ3n) is 2.84. The fourth-order valence-corrected chi connectivity index (χ4v) is 1.93. The maximum Gasteiger partial charge on any atom is 0.330 e. The van der Waals surface area contributed by atoms with Gasteiger partial charge in [-0.05, 0) is 6.90 Å². The van der Waals surface area contributed by atoms with E-state index in [0.29, 0.717) is 0 Å². The van der Waals surface area contributed by atoms with E-state index in [1.165, 1.54) is 18.3 Å². The first-order valence-corrected chi connectivity index (χ1v) is 5.75. The molecule has 0 spiro atoms. The normalized spacial score (nSPS) is 31.1. The first-order valence-electron chi connectivity index (χ1n) is 6.46. The molecule has 1 fully saturated rings. The molecular weight excluding hydrogens is 252 g/mol. The third kappa shape index (κ3) is 2.67. The van der Waals surface area contributed by atoms with E-state index in [1.54, 1.807) is 0 Å². The minimum Gasteiger partial charge on any atom is -0.388 e. The van der Waals surface area contributed by atoms with E-state index < -0.39 is 35.8 Å². The van der Waals surface area contributed by atoms with Gasteiger partial charge in [-0.2, -0.15) is 0 Å². The summed E-state index contributed by atoms with van der Waals surface area (Å²) in [4.78, 5) is 24.9. The molecule has 2 heterocycles. The lowest BCUT2D eigenvalue weighted by molar-refractivity contribution is -0.0616. The first-order chi connectivity index (χ1) is 9.58. The highest BCUT2D eigenvalue weighted by Crippen LogP contribution is 2.30. The lowest BCUT2D eigenvalue weighted by atomic mass is 10.1. The second kappa shape index (κ2) is 5.52. The summed E-state index contributed by atoms with van der Waals surface area (Å²) < 4.78 is 19.4. The van der Waals surface area contributed by atoms with E-state index in [0.717, 1.165) is 4.57 Å². The van der Waals surface area contributed by atoms with Crippen molar-refractivity contribution in [3.63, 3.8) is 0 Å². The second-order valence-corrected chi connectivity index (χ2v) is 4.16. The van der Waals surface area contributed by atoms with Gasteiger partial charge < -0.3 is 14.6 Å². The summed E-state index contributed by atoms with van der Waals surface area (Å²) in [5.41, 5.74) is -1.18. The molecule has 4 atom stereocenters. The monoisotopic (exact) mass is 269 g/mol. The van der Waals surface area contributed by atoms with E-state index >= 15 is 0 Å². The van der Waals surface area contributed by atoms with E-state index in [2.05, 4.69) is 11.6 Å². The van der Waals surface area contributed by atoms with Gasteiger partial charge in [0.15, 0.2) is 6.23 Å². The van der Waals surface area contributed by atoms with Gasteiger partial charge >= 0.3 is 5.69 Å². The van der Waals surface area contributed by atoms with Crippen LogP contribution >= 0.6 is 0 Å². The Hall–Kier alpha value is -1.70. The van der Waals surface area contributed by atoms with Gasteiger partial charge in [-0.15, -0.1) is 6.58 Å². The van der Waals surface area contributed by atoms with Gasteiger partial charge in [-0.1, -0.05) is 6.08 Å². The van der Waals surface area contributed by atoms with Gasteiger partial charge in [0, 0.05) is 13.6 Å². The maximum atomic E-state index is 11.8. The van der Waals surface area contributed by atoms with Crippen molar-refractivity contribution < 1.29 is 16.0 Å². The molecule has 0 bridgehead atoms. The minimum absolute atomic E-state index is 0.163. The van der Waals surface area contributed by atoms with E-state index in [-0.39, 0.29) is 13.5 Å². The van der Waals surface area contributed by atoms with Crippen molar-refractivity contribution in [3.8, 4) is 0 Å². The van der Waals surface area contributed by atoms with Crippen LogP contribution in [0.15, 0.2) is 34.5 Å². The Kier molecular flexibility index (Phi) is 3.58. The molecule has 19 heavy (non-hydrogen) atoms. The molecule has 1 aromatic rings. The molecule has 0 unspecified atom stereocenters. The molecule has 1 aliphatic rings. The summed E-state index contributed by atoms with van der Waals surface area (Å²) in [5, 5.41) is 10.1. The Morgan fingerprint density at radius 3 is 3.16 bits per heavy atom. The molecular formula is C12H16N2O5. The smallest absolute Gasteiger partial charge is 0.330 e. The molecule has 1 aliphatic heterocycles. The van der Waals surface area contributed by atoms with Crippen LogP contribution in [0.1, 0.15) is 14.5 Å². The van der Waals surface area contributed by atoms with Crippen LogP contribution in [0, 0.1) is 0 Å². The molecule has 2 rings (SSSR count). The quantitative estimate of drug-likeness (QED) is 0.711. The van der Waals surface area contributed by atoms with Crippen molar-refractivity contribution in [2.75, 3.05) is 6.61 Å². The van der Waals surface area contributed by atoms with Crippen molar-refractivity contribution in [1.82, 2.24) is 9.55 Å². The summed E-state index contributed by atoms with van der Waals surface area (Å²) in [6.07, 6.45) is -0.718. The Morgan fingerprint density at radius 1 is 1.74 bits per heavy atom. The van der Waals surface area contributed by atoms with Crippen LogP contribution in [0.3, 0.4) is 0 Å². The first kappa shape index (κ1) is 12.3. The SMILES string of the molecule is [2H]C[C@H]1O[C@@H](n2ccc(=O)[nH]c2=O)[C@H](OCC=C)[C@@H]1O. The molecule has 2 N–H and O–H groups in total. The summed E-state index contributed by atoms with van der Waals surface area (Å²) in [5.74, 6) is 0. The van der Waals surface area contributed by atoms with E-state index in [9.17, 15) is 14.7 Å². The van der Waals surface area contributed by atoms with E-state index in [1.807, 2.05) is 0 Å². The van der Waals surface area contributed by atoms with Crippen molar-refractivity contribution in [3.05, 3.63) is 45.8 Å². The van der Waals surface area contributed by atoms with Gasteiger partial charge in [0.05, 0.1) is 12.7 Å². The average molecular weight is 269 g/mol. The molecule has 0 amide bonds. The van der Waals surface area contributed by atoms with Crippen LogP contribution in [0.25, 0.3) is 0 Å². The van der Waals surface area contributed by atoms with E-state index in [4.69, 9.17) is 10.8 Å². The van der Waals surface area contributed by atoms with Gasteiger partial charge in [-0.3, -0.25) is 14.3 Å². The molecule has 0 aromatic carbocycles. The molecule has 104 valence electrons. The summed E-state index contributed by atoms with van der Waals surface area (Å²) >= 11 is 0. The summed E-state index contributed by atoms with van der Waals surface area (Å²) in [6, 6.07) is 1.18. The number of hydrogen-bond acceptors (Lipinski definition) is 5.